The molecule has 11 heteroatoms. The van der Waals surface area contributed by atoms with Crippen molar-refractivity contribution < 1.29 is 29.4 Å². The fourth-order valence-corrected chi connectivity index (χ4v) is 3.79. The quantitative estimate of drug-likeness (QED) is 0.259. The van der Waals surface area contributed by atoms with E-state index in [1.165, 1.54) is 4.90 Å². The highest BCUT2D eigenvalue weighted by Crippen LogP contribution is 2.19. The van der Waals surface area contributed by atoms with Crippen molar-refractivity contribution in [2.75, 3.05) is 25.2 Å². The van der Waals surface area contributed by atoms with Gasteiger partial charge in [0.2, 0.25) is 17.7 Å². The van der Waals surface area contributed by atoms with Crippen LogP contribution in [0.1, 0.15) is 39.5 Å². The van der Waals surface area contributed by atoms with Gasteiger partial charge in [-0.05, 0) is 43.6 Å². The molecule has 0 spiro atoms. The number of amides is 3. The van der Waals surface area contributed by atoms with E-state index in [0.29, 0.717) is 25.0 Å². The second-order valence-corrected chi connectivity index (χ2v) is 8.84. The third kappa shape index (κ3) is 7.77. The van der Waals surface area contributed by atoms with E-state index in [9.17, 15) is 29.4 Å². The van der Waals surface area contributed by atoms with Crippen molar-refractivity contribution in [3.05, 3.63) is 0 Å². The van der Waals surface area contributed by atoms with Gasteiger partial charge in [0.05, 0.1) is 12.6 Å². The zero-order valence-electron chi connectivity index (χ0n) is 17.8. The number of rotatable bonds is 12. The normalized spacial score (nSPS) is 19.3. The van der Waals surface area contributed by atoms with Crippen molar-refractivity contribution in [2.24, 2.45) is 11.7 Å². The van der Waals surface area contributed by atoms with Crippen LogP contribution >= 0.6 is 11.8 Å². The number of carboxylic acid groups (broad SMARTS) is 1. The van der Waals surface area contributed by atoms with Crippen molar-refractivity contribution in [2.45, 2.75) is 63.7 Å². The summed E-state index contributed by atoms with van der Waals surface area (Å²) in [6.45, 7) is 3.36. The van der Waals surface area contributed by atoms with E-state index in [1.54, 1.807) is 11.8 Å². The fourth-order valence-electron chi connectivity index (χ4n) is 3.30. The van der Waals surface area contributed by atoms with E-state index in [2.05, 4.69) is 10.6 Å². The van der Waals surface area contributed by atoms with Gasteiger partial charge >= 0.3 is 5.97 Å². The number of nitrogens with one attached hydrogen (secondary N) is 2. The first kappa shape index (κ1) is 26.2. The van der Waals surface area contributed by atoms with E-state index in [4.69, 9.17) is 5.73 Å². The molecule has 3 amide bonds. The Kier molecular flexibility index (Phi) is 11.1. The Morgan fingerprint density at radius 3 is 2.40 bits per heavy atom. The number of aliphatic carboxylic acids is 1. The Morgan fingerprint density at radius 2 is 1.87 bits per heavy atom. The number of aliphatic hydroxyl groups excluding tert-OH is 1. The predicted octanol–water partition coefficient (Wildman–Crippen LogP) is -0.850. The second kappa shape index (κ2) is 12.8. The average Bonchev–Trinajstić information content (AvgIpc) is 3.18. The van der Waals surface area contributed by atoms with Gasteiger partial charge in [-0.25, -0.2) is 4.79 Å². The number of carbonyl (C=O) groups is 4. The molecule has 172 valence electrons. The standard InChI is InChI=1S/C19H34N4O6S/c1-11(2)9-13(19(28)29)21-17(26)15-5-4-7-23(15)18(27)14(10-24)22-16(25)12(20)6-8-30-3/h11-15,24H,4-10,20H2,1-3H3,(H,21,26)(H,22,25)(H,28,29). The molecule has 30 heavy (non-hydrogen) atoms. The van der Waals surface area contributed by atoms with Crippen molar-refractivity contribution >= 4 is 35.5 Å². The minimum Gasteiger partial charge on any atom is -0.480 e. The molecule has 1 aliphatic heterocycles. The van der Waals surface area contributed by atoms with Crippen molar-refractivity contribution in [1.29, 1.82) is 0 Å². The van der Waals surface area contributed by atoms with Crippen LogP contribution in [0, 0.1) is 5.92 Å². The number of hydrogen-bond acceptors (Lipinski definition) is 7. The van der Waals surface area contributed by atoms with Crippen LogP contribution in [0.4, 0.5) is 0 Å². The van der Waals surface area contributed by atoms with Gasteiger partial charge in [0.25, 0.3) is 0 Å². The molecule has 0 aromatic rings. The number of carboxylic acids is 1. The van der Waals surface area contributed by atoms with E-state index in [0.717, 1.165) is 0 Å². The van der Waals surface area contributed by atoms with Crippen LogP contribution in [0.2, 0.25) is 0 Å². The maximum Gasteiger partial charge on any atom is 0.326 e. The van der Waals surface area contributed by atoms with Crippen LogP contribution < -0.4 is 16.4 Å². The predicted molar refractivity (Wildman–Crippen MR) is 114 cm³/mol. The molecule has 1 saturated heterocycles. The zero-order chi connectivity index (χ0) is 22.8. The lowest BCUT2D eigenvalue weighted by Crippen LogP contribution is -2.57. The number of likely N-dealkylation sites (tertiary alicyclic amines) is 1. The summed E-state index contributed by atoms with van der Waals surface area (Å²) in [7, 11) is 0. The lowest BCUT2D eigenvalue weighted by atomic mass is 10.0. The maximum absolute atomic E-state index is 12.9. The molecule has 0 radical (unpaired) electrons. The number of thioether (sulfide) groups is 1. The van der Waals surface area contributed by atoms with Crippen molar-refractivity contribution in [3.8, 4) is 0 Å². The fraction of sp³-hybridized carbons (Fsp3) is 0.789. The molecule has 0 aromatic heterocycles. The molecule has 1 fully saturated rings. The van der Waals surface area contributed by atoms with Crippen LogP contribution in [-0.2, 0) is 19.2 Å². The molecule has 10 nitrogen and oxygen atoms in total. The summed E-state index contributed by atoms with van der Waals surface area (Å²) in [6, 6.07) is -3.90. The summed E-state index contributed by atoms with van der Waals surface area (Å²) in [4.78, 5) is 50.5. The summed E-state index contributed by atoms with van der Waals surface area (Å²) in [5.41, 5.74) is 5.81. The summed E-state index contributed by atoms with van der Waals surface area (Å²) >= 11 is 1.54. The minimum absolute atomic E-state index is 0.0667. The molecule has 1 rings (SSSR count). The zero-order valence-corrected chi connectivity index (χ0v) is 18.6. The highest BCUT2D eigenvalue weighted by molar-refractivity contribution is 7.98. The Bertz CT molecular complexity index is 618. The molecule has 1 aliphatic rings. The Labute approximate surface area is 181 Å². The first-order chi connectivity index (χ1) is 14.1. The van der Waals surface area contributed by atoms with Crippen LogP contribution in [0.25, 0.3) is 0 Å². The molecule has 1 heterocycles. The number of hydrogen-bond donors (Lipinski definition) is 5. The molecule has 4 atom stereocenters. The summed E-state index contributed by atoms with van der Waals surface area (Å²) in [5, 5.41) is 23.9. The monoisotopic (exact) mass is 446 g/mol. The van der Waals surface area contributed by atoms with Gasteiger partial charge in [0.1, 0.15) is 18.1 Å². The van der Waals surface area contributed by atoms with Crippen LogP contribution in [0.15, 0.2) is 0 Å². The molecule has 0 aromatic carbocycles. The molecule has 0 aliphatic carbocycles. The van der Waals surface area contributed by atoms with Gasteiger partial charge in [-0.2, -0.15) is 11.8 Å². The van der Waals surface area contributed by atoms with Crippen molar-refractivity contribution in [1.82, 2.24) is 15.5 Å². The Hall–Kier alpha value is -1.85. The lowest BCUT2D eigenvalue weighted by Gasteiger charge is -2.29. The van der Waals surface area contributed by atoms with E-state index in [-0.39, 0.29) is 18.9 Å². The number of nitrogens with two attached hydrogens (primary N) is 1. The lowest BCUT2D eigenvalue weighted by molar-refractivity contribution is -0.145. The third-order valence-electron chi connectivity index (χ3n) is 4.93. The summed E-state index contributed by atoms with van der Waals surface area (Å²) in [6.07, 6.45) is 3.53. The van der Waals surface area contributed by atoms with Crippen molar-refractivity contribution in [3.63, 3.8) is 0 Å². The van der Waals surface area contributed by atoms with Gasteiger partial charge in [-0.3, -0.25) is 14.4 Å². The Morgan fingerprint density at radius 1 is 1.20 bits per heavy atom. The second-order valence-electron chi connectivity index (χ2n) is 7.85. The van der Waals surface area contributed by atoms with Crippen LogP contribution in [0.3, 0.4) is 0 Å². The molecule has 0 bridgehead atoms. The number of nitrogens with zero attached hydrogens (tertiary/aromatic N) is 1. The summed E-state index contributed by atoms with van der Waals surface area (Å²) in [5.74, 6) is -2.06. The Balaban J connectivity index is 2.79. The molecular formula is C19H34N4O6S. The highest BCUT2D eigenvalue weighted by atomic mass is 32.2. The van der Waals surface area contributed by atoms with Crippen LogP contribution in [0.5, 0.6) is 0 Å². The number of carbonyl (C=O) groups excluding carboxylic acids is 3. The van der Waals surface area contributed by atoms with E-state index < -0.39 is 54.5 Å². The first-order valence-electron chi connectivity index (χ1n) is 10.1. The first-order valence-corrected chi connectivity index (χ1v) is 11.5. The van der Waals surface area contributed by atoms with Gasteiger partial charge in [-0.15, -0.1) is 0 Å². The average molecular weight is 447 g/mol. The largest absolute Gasteiger partial charge is 0.480 e. The van der Waals surface area contributed by atoms with E-state index in [1.807, 2.05) is 20.1 Å². The van der Waals surface area contributed by atoms with Crippen LogP contribution in [-0.4, -0.2) is 88.1 Å². The smallest absolute Gasteiger partial charge is 0.326 e. The third-order valence-corrected chi connectivity index (χ3v) is 5.57. The van der Waals surface area contributed by atoms with Gasteiger partial charge in [0, 0.05) is 6.54 Å². The number of aliphatic hydroxyl groups is 1. The maximum atomic E-state index is 12.9. The molecule has 0 saturated carbocycles. The van der Waals surface area contributed by atoms with Gasteiger partial charge in [-0.1, -0.05) is 13.8 Å². The topological polar surface area (TPSA) is 162 Å². The summed E-state index contributed by atoms with van der Waals surface area (Å²) < 4.78 is 0. The molecular weight excluding hydrogens is 412 g/mol. The highest BCUT2D eigenvalue weighted by Gasteiger charge is 2.39. The van der Waals surface area contributed by atoms with Gasteiger partial charge in [0.15, 0.2) is 0 Å². The molecule has 4 unspecified atom stereocenters. The van der Waals surface area contributed by atoms with Gasteiger partial charge < -0.3 is 31.5 Å². The minimum atomic E-state index is -1.21. The van der Waals surface area contributed by atoms with E-state index >= 15 is 0 Å². The SMILES string of the molecule is CSCCC(N)C(=O)NC(CO)C(=O)N1CCCC1C(=O)NC(CC(C)C)C(=O)O. The molecule has 6 N–H and O–H groups in total.